The van der Waals surface area contributed by atoms with E-state index in [-0.39, 0.29) is 0 Å². The molecule has 12 heavy (non-hydrogen) atoms. The summed E-state index contributed by atoms with van der Waals surface area (Å²) in [5, 5.41) is 6.22. The molecule has 0 aliphatic heterocycles. The number of nitrogens with zero attached hydrogens (tertiary/aromatic N) is 3. The summed E-state index contributed by atoms with van der Waals surface area (Å²) >= 11 is 0. The summed E-state index contributed by atoms with van der Waals surface area (Å²) in [6.07, 6.45) is 1.22. The van der Waals surface area contributed by atoms with Gasteiger partial charge in [-0.2, -0.15) is 0 Å². The number of carbonyl (C=O) groups excluding carboxylic acids is 1. The van der Waals surface area contributed by atoms with Crippen LogP contribution in [0.25, 0.3) is 0 Å². The van der Waals surface area contributed by atoms with Gasteiger partial charge in [-0.05, 0) is 12.1 Å². The first-order valence-electron chi connectivity index (χ1n) is 3.14. The number of nitroso groups, excluding NO2 is 1. The van der Waals surface area contributed by atoms with Gasteiger partial charge in [0.25, 0.3) is 6.08 Å². The van der Waals surface area contributed by atoms with Gasteiger partial charge < -0.3 is 0 Å². The normalized spacial score (nSPS) is 8.33. The number of hydrazone groups is 1. The number of para-hydroxylation sites is 1. The standard InChI is InChI=1S/C7H5N3O2/c11-6-8-10(9-12)7-4-2-1-3-5-7/h1-5H. The predicted molar refractivity (Wildman–Crippen MR) is 42.8 cm³/mol. The molecule has 0 aromatic heterocycles. The number of rotatable bonds is 3. The third-order valence-electron chi connectivity index (χ3n) is 1.20. The Labute approximate surface area is 68.2 Å². The van der Waals surface area contributed by atoms with E-state index in [1.54, 1.807) is 30.3 Å². The van der Waals surface area contributed by atoms with Crippen molar-refractivity contribution < 1.29 is 4.79 Å². The molecule has 0 aliphatic rings. The van der Waals surface area contributed by atoms with Crippen molar-refractivity contribution in [3.8, 4) is 0 Å². The second-order valence-corrected chi connectivity index (χ2v) is 1.90. The van der Waals surface area contributed by atoms with Gasteiger partial charge in [0.05, 0.1) is 11.0 Å². The molecule has 0 radical (unpaired) electrons. The second kappa shape index (κ2) is 4.00. The average molecular weight is 163 g/mol. The van der Waals surface area contributed by atoms with Crippen LogP contribution in [0, 0.1) is 4.91 Å². The molecular formula is C7H5N3O2. The zero-order chi connectivity index (χ0) is 8.81. The predicted octanol–water partition coefficient (Wildman–Crippen LogP) is 1.43. The lowest BCUT2D eigenvalue weighted by Crippen LogP contribution is -2.04. The number of anilines is 1. The molecule has 1 aromatic carbocycles. The molecule has 60 valence electrons. The fourth-order valence-corrected chi connectivity index (χ4v) is 0.723. The molecule has 0 heterocycles. The van der Waals surface area contributed by atoms with Gasteiger partial charge in [0.1, 0.15) is 0 Å². The monoisotopic (exact) mass is 163 g/mol. The minimum atomic E-state index is 0.427. The van der Waals surface area contributed by atoms with Crippen molar-refractivity contribution in [1.82, 2.24) is 0 Å². The van der Waals surface area contributed by atoms with Crippen molar-refractivity contribution in [3.05, 3.63) is 35.2 Å². The molecule has 1 aromatic rings. The maximum Gasteiger partial charge on any atom is 0.260 e. The van der Waals surface area contributed by atoms with E-state index in [9.17, 15) is 9.70 Å². The Hall–Kier alpha value is -2.00. The van der Waals surface area contributed by atoms with Crippen LogP contribution in [0.15, 0.2) is 40.7 Å². The molecule has 0 fully saturated rings. The third-order valence-corrected chi connectivity index (χ3v) is 1.20. The zero-order valence-electron chi connectivity index (χ0n) is 6.04. The van der Waals surface area contributed by atoms with Crippen LogP contribution in [0.5, 0.6) is 0 Å². The van der Waals surface area contributed by atoms with Crippen LogP contribution in [-0.4, -0.2) is 6.08 Å². The quantitative estimate of drug-likeness (QED) is 0.293. The van der Waals surface area contributed by atoms with Gasteiger partial charge in [0.2, 0.25) is 0 Å². The summed E-state index contributed by atoms with van der Waals surface area (Å²) in [5.74, 6) is 0. The summed E-state index contributed by atoms with van der Waals surface area (Å²) in [6, 6.07) is 8.38. The zero-order valence-corrected chi connectivity index (χ0v) is 6.04. The van der Waals surface area contributed by atoms with Crippen molar-refractivity contribution in [3.63, 3.8) is 0 Å². The van der Waals surface area contributed by atoms with Crippen LogP contribution in [-0.2, 0) is 4.79 Å². The van der Waals surface area contributed by atoms with Crippen LogP contribution in [0.2, 0.25) is 0 Å². The van der Waals surface area contributed by atoms with Crippen LogP contribution in [0.1, 0.15) is 0 Å². The highest BCUT2D eigenvalue weighted by atomic mass is 16.3. The molecule has 0 saturated carbocycles. The van der Waals surface area contributed by atoms with Gasteiger partial charge in [-0.25, -0.2) is 4.79 Å². The number of benzene rings is 1. The Morgan fingerprint density at radius 2 is 1.92 bits per heavy atom. The van der Waals surface area contributed by atoms with E-state index >= 15 is 0 Å². The van der Waals surface area contributed by atoms with Crippen LogP contribution >= 0.6 is 0 Å². The van der Waals surface area contributed by atoms with Crippen molar-refractivity contribution in [2.75, 3.05) is 5.12 Å². The molecule has 5 nitrogen and oxygen atoms in total. The highest BCUT2D eigenvalue weighted by molar-refractivity contribution is 5.47. The molecule has 0 spiro atoms. The lowest BCUT2D eigenvalue weighted by Gasteiger charge is -2.03. The van der Waals surface area contributed by atoms with Crippen molar-refractivity contribution in [2.24, 2.45) is 10.4 Å². The Balaban J connectivity index is 2.94. The van der Waals surface area contributed by atoms with Crippen molar-refractivity contribution in [2.45, 2.75) is 0 Å². The topological polar surface area (TPSA) is 62.1 Å². The highest BCUT2D eigenvalue weighted by Gasteiger charge is 2.01. The first-order chi connectivity index (χ1) is 5.88. The van der Waals surface area contributed by atoms with Crippen LogP contribution in [0.3, 0.4) is 0 Å². The summed E-state index contributed by atoms with van der Waals surface area (Å²) < 4.78 is 0. The maximum absolute atomic E-state index is 10.1. The smallest absolute Gasteiger partial charge is 0.209 e. The van der Waals surface area contributed by atoms with Gasteiger partial charge in [-0.3, -0.25) is 0 Å². The van der Waals surface area contributed by atoms with Gasteiger partial charge in [-0.15, -0.1) is 10.0 Å². The second-order valence-electron chi connectivity index (χ2n) is 1.90. The lowest BCUT2D eigenvalue weighted by molar-refractivity contribution is 0.562. The minimum absolute atomic E-state index is 0.427. The SMILES string of the molecule is O=C=NN(N=O)c1ccccc1. The van der Waals surface area contributed by atoms with E-state index < -0.39 is 0 Å². The number of isocyanates is 1. The van der Waals surface area contributed by atoms with Crippen molar-refractivity contribution in [1.29, 1.82) is 0 Å². The minimum Gasteiger partial charge on any atom is -0.209 e. The molecule has 0 atom stereocenters. The summed E-state index contributed by atoms with van der Waals surface area (Å²) in [5.41, 5.74) is 0.427. The summed E-state index contributed by atoms with van der Waals surface area (Å²) in [7, 11) is 0. The summed E-state index contributed by atoms with van der Waals surface area (Å²) in [4.78, 5) is 19.9. The van der Waals surface area contributed by atoms with Crippen molar-refractivity contribution >= 4 is 11.8 Å². The fraction of sp³-hybridized carbons (Fsp3) is 0. The lowest BCUT2D eigenvalue weighted by atomic mass is 10.3. The number of hydrogen-bond donors (Lipinski definition) is 0. The van der Waals surface area contributed by atoms with Gasteiger partial charge in [0.15, 0.2) is 0 Å². The van der Waals surface area contributed by atoms with E-state index in [1.165, 1.54) is 6.08 Å². The molecule has 5 heteroatoms. The Morgan fingerprint density at radius 3 is 2.42 bits per heavy atom. The Morgan fingerprint density at radius 1 is 1.25 bits per heavy atom. The molecular weight excluding hydrogens is 158 g/mol. The summed E-state index contributed by atoms with van der Waals surface area (Å²) in [6.45, 7) is 0. The maximum atomic E-state index is 10.1. The largest absolute Gasteiger partial charge is 0.260 e. The van der Waals surface area contributed by atoms with E-state index in [4.69, 9.17) is 0 Å². The van der Waals surface area contributed by atoms with E-state index in [2.05, 4.69) is 10.4 Å². The molecule has 0 saturated heterocycles. The highest BCUT2D eigenvalue weighted by Crippen LogP contribution is 2.12. The van der Waals surface area contributed by atoms with Gasteiger partial charge >= 0.3 is 0 Å². The van der Waals surface area contributed by atoms with E-state index in [1.807, 2.05) is 0 Å². The average Bonchev–Trinajstić information content (AvgIpc) is 2.15. The van der Waals surface area contributed by atoms with E-state index in [0.717, 1.165) is 0 Å². The van der Waals surface area contributed by atoms with Gasteiger partial charge in [-0.1, -0.05) is 23.3 Å². The van der Waals surface area contributed by atoms with Crippen LogP contribution < -0.4 is 5.12 Å². The molecule has 1 rings (SSSR count). The third kappa shape index (κ3) is 1.74. The number of hydrogen-bond acceptors (Lipinski definition) is 4. The molecule has 0 bridgehead atoms. The molecule has 0 unspecified atom stereocenters. The first kappa shape index (κ1) is 8.10. The molecule has 0 amide bonds. The molecule has 0 aliphatic carbocycles. The first-order valence-corrected chi connectivity index (χ1v) is 3.14. The van der Waals surface area contributed by atoms with E-state index in [0.29, 0.717) is 10.8 Å². The Kier molecular flexibility index (Phi) is 2.70. The fourth-order valence-electron chi connectivity index (χ4n) is 0.723. The Bertz CT molecular complexity index is 306. The van der Waals surface area contributed by atoms with Crippen LogP contribution in [0.4, 0.5) is 5.69 Å². The molecule has 0 N–H and O–H groups in total. The van der Waals surface area contributed by atoms with Gasteiger partial charge in [0, 0.05) is 0 Å².